The Hall–Kier alpha value is -2.11. The van der Waals surface area contributed by atoms with Gasteiger partial charge in [0.05, 0.1) is 18.8 Å². The van der Waals surface area contributed by atoms with Gasteiger partial charge in [-0.2, -0.15) is 0 Å². The van der Waals surface area contributed by atoms with Crippen LogP contribution in [0.3, 0.4) is 0 Å². The minimum absolute atomic E-state index is 0.210. The summed E-state index contributed by atoms with van der Waals surface area (Å²) >= 11 is 5.82. The van der Waals surface area contributed by atoms with E-state index in [1.807, 2.05) is 18.2 Å². The fraction of sp³-hybridized carbons (Fsp3) is 0.294. The zero-order chi connectivity index (χ0) is 16.1. The summed E-state index contributed by atoms with van der Waals surface area (Å²) in [6, 6.07) is 10.8. The molecule has 0 N–H and O–H groups in total. The Balaban J connectivity index is 1.57. The molecule has 0 spiro atoms. The SMILES string of the molecule is O=C(OCc1ccc(Cl)cc1)c1ccc(N2CCOCC2)nc1. The quantitative estimate of drug-likeness (QED) is 0.806. The Bertz CT molecular complexity index is 653. The van der Waals surface area contributed by atoms with Crippen LogP contribution in [-0.4, -0.2) is 37.3 Å². The maximum Gasteiger partial charge on any atom is 0.340 e. The maximum absolute atomic E-state index is 12.1. The maximum atomic E-state index is 12.1. The number of hydrogen-bond donors (Lipinski definition) is 0. The zero-order valence-electron chi connectivity index (χ0n) is 12.6. The normalized spacial score (nSPS) is 14.6. The van der Waals surface area contributed by atoms with E-state index < -0.39 is 0 Å². The molecule has 2 heterocycles. The van der Waals surface area contributed by atoms with Gasteiger partial charge < -0.3 is 14.4 Å². The van der Waals surface area contributed by atoms with Crippen molar-refractivity contribution in [2.75, 3.05) is 31.2 Å². The third-order valence-corrected chi connectivity index (χ3v) is 3.85. The predicted octanol–water partition coefficient (Wildman–Crippen LogP) is 2.93. The first-order chi connectivity index (χ1) is 11.2. The van der Waals surface area contributed by atoms with Gasteiger partial charge in [-0.05, 0) is 29.8 Å². The first kappa shape index (κ1) is 15.8. The standard InChI is InChI=1S/C17H17ClN2O3/c18-15-4-1-13(2-5-15)12-23-17(21)14-3-6-16(19-11-14)20-7-9-22-10-8-20/h1-6,11H,7-10,12H2. The van der Waals surface area contributed by atoms with E-state index in [1.54, 1.807) is 24.4 Å². The van der Waals surface area contributed by atoms with Crippen LogP contribution in [0.1, 0.15) is 15.9 Å². The lowest BCUT2D eigenvalue weighted by Gasteiger charge is -2.27. The average Bonchev–Trinajstić information content (AvgIpc) is 2.62. The number of halogens is 1. The molecule has 6 heteroatoms. The minimum Gasteiger partial charge on any atom is -0.457 e. The molecule has 5 nitrogen and oxygen atoms in total. The van der Waals surface area contributed by atoms with Gasteiger partial charge >= 0.3 is 5.97 Å². The first-order valence-electron chi connectivity index (χ1n) is 7.43. The third-order valence-electron chi connectivity index (χ3n) is 3.60. The second kappa shape index (κ2) is 7.44. The van der Waals surface area contributed by atoms with Gasteiger partial charge in [0.1, 0.15) is 12.4 Å². The van der Waals surface area contributed by atoms with Gasteiger partial charge in [0.15, 0.2) is 0 Å². The number of morpholine rings is 1. The molecule has 1 aliphatic heterocycles. The summed E-state index contributed by atoms with van der Waals surface area (Å²) < 4.78 is 10.6. The van der Waals surface area contributed by atoms with Crippen LogP contribution in [0.5, 0.6) is 0 Å². The number of nitrogens with zero attached hydrogens (tertiary/aromatic N) is 2. The van der Waals surface area contributed by atoms with E-state index in [4.69, 9.17) is 21.1 Å². The highest BCUT2D eigenvalue weighted by molar-refractivity contribution is 6.30. The molecule has 0 amide bonds. The predicted molar refractivity (Wildman–Crippen MR) is 87.8 cm³/mol. The molecule has 1 fully saturated rings. The van der Waals surface area contributed by atoms with Crippen molar-refractivity contribution >= 4 is 23.4 Å². The average molecular weight is 333 g/mol. The number of aromatic nitrogens is 1. The zero-order valence-corrected chi connectivity index (χ0v) is 13.3. The van der Waals surface area contributed by atoms with Crippen LogP contribution >= 0.6 is 11.6 Å². The molecule has 120 valence electrons. The van der Waals surface area contributed by atoms with Crippen LogP contribution in [0.4, 0.5) is 5.82 Å². The van der Waals surface area contributed by atoms with E-state index in [9.17, 15) is 4.79 Å². The molecule has 2 aromatic rings. The van der Waals surface area contributed by atoms with Crippen LogP contribution in [0.15, 0.2) is 42.6 Å². The fourth-order valence-corrected chi connectivity index (χ4v) is 2.43. The Morgan fingerprint density at radius 3 is 2.57 bits per heavy atom. The van der Waals surface area contributed by atoms with Crippen LogP contribution in [-0.2, 0) is 16.1 Å². The second-order valence-corrected chi connectivity index (χ2v) is 5.64. The van der Waals surface area contributed by atoms with E-state index in [0.29, 0.717) is 23.8 Å². The van der Waals surface area contributed by atoms with Gasteiger partial charge in [0.2, 0.25) is 0 Å². The molecule has 0 unspecified atom stereocenters. The summed E-state index contributed by atoms with van der Waals surface area (Å²) in [6.07, 6.45) is 1.55. The molecule has 1 aromatic heterocycles. The van der Waals surface area contributed by atoms with Crippen LogP contribution in [0.25, 0.3) is 0 Å². The van der Waals surface area contributed by atoms with Gasteiger partial charge in [-0.25, -0.2) is 9.78 Å². The van der Waals surface area contributed by atoms with E-state index >= 15 is 0 Å². The van der Waals surface area contributed by atoms with Crippen LogP contribution < -0.4 is 4.90 Å². The number of hydrogen-bond acceptors (Lipinski definition) is 5. The Labute approximate surface area is 139 Å². The van der Waals surface area contributed by atoms with Crippen molar-refractivity contribution in [3.8, 4) is 0 Å². The monoisotopic (exact) mass is 332 g/mol. The molecule has 1 aromatic carbocycles. The lowest BCUT2D eigenvalue weighted by Crippen LogP contribution is -2.36. The third kappa shape index (κ3) is 4.21. The summed E-state index contributed by atoms with van der Waals surface area (Å²) in [5.41, 5.74) is 1.33. The van der Waals surface area contributed by atoms with Gasteiger partial charge in [-0.15, -0.1) is 0 Å². The molecule has 0 bridgehead atoms. The number of esters is 1. The molecule has 0 aliphatic carbocycles. The summed E-state index contributed by atoms with van der Waals surface area (Å²) in [5.74, 6) is 0.462. The van der Waals surface area contributed by atoms with Crippen molar-refractivity contribution in [1.82, 2.24) is 4.98 Å². The van der Waals surface area contributed by atoms with Crippen molar-refractivity contribution in [3.05, 3.63) is 58.7 Å². The number of pyridine rings is 1. The molecule has 0 saturated carbocycles. The topological polar surface area (TPSA) is 51.7 Å². The van der Waals surface area contributed by atoms with Crippen LogP contribution in [0, 0.1) is 0 Å². The highest BCUT2D eigenvalue weighted by Gasteiger charge is 2.14. The number of ether oxygens (including phenoxy) is 2. The van der Waals surface area contributed by atoms with Gasteiger partial charge in [0, 0.05) is 24.3 Å². The molecule has 0 atom stereocenters. The fourth-order valence-electron chi connectivity index (χ4n) is 2.30. The second-order valence-electron chi connectivity index (χ2n) is 5.21. The molecule has 3 rings (SSSR count). The molecule has 0 radical (unpaired) electrons. The van der Waals surface area contributed by atoms with E-state index in [2.05, 4.69) is 9.88 Å². The summed E-state index contributed by atoms with van der Waals surface area (Å²) in [6.45, 7) is 3.24. The van der Waals surface area contributed by atoms with Gasteiger partial charge in [-0.1, -0.05) is 23.7 Å². The number of carbonyl (C=O) groups excluding carboxylic acids is 1. The highest BCUT2D eigenvalue weighted by atomic mass is 35.5. The summed E-state index contributed by atoms with van der Waals surface area (Å²) in [5, 5.41) is 0.656. The molecular formula is C17H17ClN2O3. The lowest BCUT2D eigenvalue weighted by molar-refractivity contribution is 0.0472. The first-order valence-corrected chi connectivity index (χ1v) is 7.80. The van der Waals surface area contributed by atoms with Crippen LogP contribution in [0.2, 0.25) is 5.02 Å². The summed E-state index contributed by atoms with van der Waals surface area (Å²) in [4.78, 5) is 18.5. The van der Waals surface area contributed by atoms with Crippen molar-refractivity contribution in [1.29, 1.82) is 0 Å². The van der Waals surface area contributed by atoms with Crippen molar-refractivity contribution in [3.63, 3.8) is 0 Å². The van der Waals surface area contributed by atoms with Gasteiger partial charge in [-0.3, -0.25) is 0 Å². The summed E-state index contributed by atoms with van der Waals surface area (Å²) in [7, 11) is 0. The Morgan fingerprint density at radius 2 is 1.91 bits per heavy atom. The Morgan fingerprint density at radius 1 is 1.17 bits per heavy atom. The smallest absolute Gasteiger partial charge is 0.340 e. The van der Waals surface area contributed by atoms with Crippen molar-refractivity contribution < 1.29 is 14.3 Å². The highest BCUT2D eigenvalue weighted by Crippen LogP contribution is 2.15. The lowest BCUT2D eigenvalue weighted by atomic mass is 10.2. The largest absolute Gasteiger partial charge is 0.457 e. The van der Waals surface area contributed by atoms with E-state index in [-0.39, 0.29) is 12.6 Å². The minimum atomic E-state index is -0.388. The number of anilines is 1. The molecule has 1 aliphatic rings. The number of rotatable bonds is 4. The molecule has 1 saturated heterocycles. The Kier molecular flexibility index (Phi) is 5.10. The van der Waals surface area contributed by atoms with Gasteiger partial charge in [0.25, 0.3) is 0 Å². The molecule has 23 heavy (non-hydrogen) atoms. The van der Waals surface area contributed by atoms with E-state index in [1.165, 1.54) is 0 Å². The molecular weight excluding hydrogens is 316 g/mol. The van der Waals surface area contributed by atoms with Crippen molar-refractivity contribution in [2.24, 2.45) is 0 Å². The van der Waals surface area contributed by atoms with E-state index in [0.717, 1.165) is 24.5 Å². The number of carbonyl (C=O) groups is 1. The van der Waals surface area contributed by atoms with Crippen molar-refractivity contribution in [2.45, 2.75) is 6.61 Å². The number of benzene rings is 1.